The first-order valence-corrected chi connectivity index (χ1v) is 8.07. The molecular weight excluding hydrogens is 379 g/mol. The van der Waals surface area contributed by atoms with Crippen LogP contribution in [0.3, 0.4) is 0 Å². The minimum absolute atomic E-state index is 0.0230. The largest absolute Gasteiger partial charge is 0.448 e. The van der Waals surface area contributed by atoms with Gasteiger partial charge in [0.2, 0.25) is 0 Å². The van der Waals surface area contributed by atoms with Crippen LogP contribution in [0.1, 0.15) is 30.3 Å². The van der Waals surface area contributed by atoms with Crippen molar-refractivity contribution < 1.29 is 19.3 Å². The van der Waals surface area contributed by atoms with Crippen LogP contribution in [0.5, 0.6) is 0 Å². The number of nitrogens with one attached hydrogen (secondary N) is 2. The Labute approximate surface area is 153 Å². The number of aromatic nitrogens is 1. The molecule has 24 heavy (non-hydrogen) atoms. The number of hydrogen-bond donors (Lipinski definition) is 2. The zero-order valence-electron chi connectivity index (χ0n) is 12.6. The number of hydrogen-bond acceptors (Lipinski definition) is 5. The predicted octanol–water partition coefficient (Wildman–Crippen LogP) is 2.01. The molecule has 10 heteroatoms. The van der Waals surface area contributed by atoms with Crippen LogP contribution in [0.4, 0.5) is 5.69 Å². The van der Waals surface area contributed by atoms with E-state index in [2.05, 4.69) is 16.4 Å². The number of halogens is 3. The number of nitrogens with zero attached hydrogens (tertiary/aromatic N) is 1. The fourth-order valence-electron chi connectivity index (χ4n) is 2.12. The Kier molecular flexibility index (Phi) is 5.43. The van der Waals surface area contributed by atoms with Crippen LogP contribution in [0, 0.1) is 17.2 Å². The van der Waals surface area contributed by atoms with Gasteiger partial charge in [-0.1, -0.05) is 23.2 Å². The zero-order valence-corrected chi connectivity index (χ0v) is 14.8. The minimum atomic E-state index is -0.971. The summed E-state index contributed by atoms with van der Waals surface area (Å²) in [5.74, 6) is -1.41. The molecule has 2 rings (SSSR count). The second-order valence-electron chi connectivity index (χ2n) is 5.57. The highest BCUT2D eigenvalue weighted by atomic mass is 35.5. The van der Waals surface area contributed by atoms with Crippen molar-refractivity contribution in [2.24, 2.45) is 5.92 Å². The third-order valence-corrected chi connectivity index (χ3v) is 4.85. The van der Waals surface area contributed by atoms with Crippen molar-refractivity contribution in [1.29, 1.82) is 5.26 Å². The molecule has 1 aromatic heterocycles. The Bertz CT molecular complexity index is 746. The summed E-state index contributed by atoms with van der Waals surface area (Å²) in [6.45, 7) is 1.06. The summed E-state index contributed by atoms with van der Waals surface area (Å²) in [4.78, 5) is 26.4. The van der Waals surface area contributed by atoms with Crippen molar-refractivity contribution in [3.05, 3.63) is 20.9 Å². The summed E-state index contributed by atoms with van der Waals surface area (Å²) in [6.07, 6.45) is 1.74. The number of rotatable bonds is 5. The molecule has 1 aromatic rings. The molecule has 0 aliphatic heterocycles. The van der Waals surface area contributed by atoms with Gasteiger partial charge in [-0.05, 0) is 37.3 Å². The van der Waals surface area contributed by atoms with Gasteiger partial charge in [-0.3, -0.25) is 4.79 Å². The average Bonchev–Trinajstić information content (AvgIpc) is 3.39. The van der Waals surface area contributed by atoms with Crippen molar-refractivity contribution >= 4 is 52.4 Å². The van der Waals surface area contributed by atoms with Gasteiger partial charge in [-0.2, -0.15) is 10.2 Å². The maximum absolute atomic E-state index is 12.0. The molecule has 1 fully saturated rings. The van der Waals surface area contributed by atoms with Gasteiger partial charge in [0, 0.05) is 0 Å². The third kappa shape index (κ3) is 3.83. The highest BCUT2D eigenvalue weighted by molar-refractivity contribution is 6.45. The fourth-order valence-corrected chi connectivity index (χ4v) is 2.73. The Balaban J connectivity index is 2.01. The molecule has 0 aromatic carbocycles. The molecule has 128 valence electrons. The average molecular weight is 393 g/mol. The summed E-state index contributed by atoms with van der Waals surface area (Å²) in [6, 6.07) is 2.07. The van der Waals surface area contributed by atoms with Gasteiger partial charge in [0.05, 0.1) is 11.8 Å². The number of carbonyl (C=O) groups is 2. The number of ether oxygens (including phenoxy) is 1. The van der Waals surface area contributed by atoms with E-state index in [9.17, 15) is 14.9 Å². The molecule has 1 heterocycles. The van der Waals surface area contributed by atoms with Crippen molar-refractivity contribution in [1.82, 2.24) is 5.32 Å². The van der Waals surface area contributed by atoms with Crippen LogP contribution in [0.25, 0.3) is 0 Å². The van der Waals surface area contributed by atoms with Crippen LogP contribution >= 0.6 is 34.8 Å². The van der Waals surface area contributed by atoms with Crippen LogP contribution in [0.2, 0.25) is 15.2 Å². The molecule has 0 radical (unpaired) electrons. The maximum Gasteiger partial charge on any atom is 0.405 e. The number of amides is 1. The van der Waals surface area contributed by atoms with Crippen LogP contribution in [-0.4, -0.2) is 24.0 Å². The van der Waals surface area contributed by atoms with E-state index < -0.39 is 24.0 Å². The molecule has 0 bridgehead atoms. The molecule has 0 unspecified atom stereocenters. The van der Waals surface area contributed by atoms with E-state index in [0.29, 0.717) is 0 Å². The summed E-state index contributed by atoms with van der Waals surface area (Å²) < 4.78 is 4.88. The molecule has 1 aliphatic carbocycles. The van der Waals surface area contributed by atoms with Crippen molar-refractivity contribution in [2.45, 2.75) is 25.3 Å². The molecule has 1 saturated carbocycles. The maximum atomic E-state index is 12.0. The van der Waals surface area contributed by atoms with Gasteiger partial charge >= 0.3 is 11.7 Å². The lowest BCUT2D eigenvalue weighted by Gasteiger charge is -2.22. The lowest BCUT2D eigenvalue weighted by molar-refractivity contribution is -0.380. The molecule has 4 N–H and O–H groups in total. The van der Waals surface area contributed by atoms with Crippen molar-refractivity contribution in [3.8, 4) is 6.07 Å². The van der Waals surface area contributed by atoms with E-state index in [-0.39, 0.29) is 32.5 Å². The number of esters is 1. The summed E-state index contributed by atoms with van der Waals surface area (Å²) in [5.41, 5.74) is 4.36. The Morgan fingerprint density at radius 3 is 2.58 bits per heavy atom. The number of anilines is 1. The van der Waals surface area contributed by atoms with E-state index in [1.54, 1.807) is 6.92 Å². The third-order valence-electron chi connectivity index (χ3n) is 3.68. The first-order valence-electron chi connectivity index (χ1n) is 6.94. The van der Waals surface area contributed by atoms with Crippen molar-refractivity contribution in [2.75, 3.05) is 12.3 Å². The topological polar surface area (TPSA) is 119 Å². The number of nitriles is 1. The fraction of sp³-hybridized carbons (Fsp3) is 0.429. The highest BCUT2D eigenvalue weighted by Crippen LogP contribution is 2.39. The van der Waals surface area contributed by atoms with E-state index in [1.807, 2.05) is 0 Å². The van der Waals surface area contributed by atoms with Gasteiger partial charge in [-0.15, -0.1) is 0 Å². The molecular formula is C14H14Cl3N4O3+. The van der Waals surface area contributed by atoms with E-state index in [1.165, 1.54) is 0 Å². The SMILES string of the molecule is C[C@@](C#N)(NC(=O)COC(=O)c1[nH+]c(Cl)c(Cl)c(N)c1Cl)C1CC1. The summed E-state index contributed by atoms with van der Waals surface area (Å²) in [5, 5.41) is 11.5. The zero-order chi connectivity index (χ0) is 18.1. The molecule has 1 aliphatic rings. The molecule has 1 atom stereocenters. The second kappa shape index (κ2) is 7.01. The smallest absolute Gasteiger partial charge is 0.405 e. The number of carbonyl (C=O) groups excluding carboxylic acids is 2. The standard InChI is InChI=1S/C14H13Cl3N4O3/c1-14(5-18,6-2-3-6)21-7(22)4-24-13(23)11-8(15)10(19)9(16)12(17)20-11/h6H,2-4H2,1H3,(H2,19,20)(H,21,22)/p+1/t14-/m0/s1. The molecule has 1 amide bonds. The Hall–Kier alpha value is -1.75. The van der Waals surface area contributed by atoms with Crippen molar-refractivity contribution in [3.63, 3.8) is 0 Å². The number of H-pyrrole nitrogens is 1. The highest BCUT2D eigenvalue weighted by Gasteiger charge is 2.43. The minimum Gasteiger partial charge on any atom is -0.448 e. The predicted molar refractivity (Wildman–Crippen MR) is 87.6 cm³/mol. The Morgan fingerprint density at radius 2 is 2.04 bits per heavy atom. The number of aromatic amines is 1. The normalized spacial score (nSPS) is 16.0. The number of nitrogens with two attached hydrogens (primary N) is 1. The first kappa shape index (κ1) is 18.6. The second-order valence-corrected chi connectivity index (χ2v) is 6.70. The van der Waals surface area contributed by atoms with E-state index >= 15 is 0 Å². The molecule has 7 nitrogen and oxygen atoms in total. The van der Waals surface area contributed by atoms with E-state index in [0.717, 1.165) is 12.8 Å². The Morgan fingerprint density at radius 1 is 1.42 bits per heavy atom. The lowest BCUT2D eigenvalue weighted by atomic mass is 9.98. The number of pyridine rings is 1. The van der Waals surface area contributed by atoms with Gasteiger partial charge in [-0.25, -0.2) is 4.79 Å². The molecule has 0 spiro atoms. The van der Waals surface area contributed by atoms with Gasteiger partial charge in [0.25, 0.3) is 11.1 Å². The lowest BCUT2D eigenvalue weighted by Crippen LogP contribution is -2.48. The first-order chi connectivity index (χ1) is 11.2. The van der Waals surface area contributed by atoms with Gasteiger partial charge in [0.1, 0.15) is 15.6 Å². The molecule has 0 saturated heterocycles. The van der Waals surface area contributed by atoms with Gasteiger partial charge in [0.15, 0.2) is 6.61 Å². The van der Waals surface area contributed by atoms with Crippen LogP contribution < -0.4 is 16.0 Å². The van der Waals surface area contributed by atoms with Gasteiger partial charge < -0.3 is 15.8 Å². The summed E-state index contributed by atoms with van der Waals surface area (Å²) >= 11 is 17.5. The monoisotopic (exact) mass is 391 g/mol. The van der Waals surface area contributed by atoms with E-state index in [4.69, 9.17) is 45.3 Å². The quantitative estimate of drug-likeness (QED) is 0.586. The van der Waals surface area contributed by atoms with Crippen LogP contribution in [-0.2, 0) is 9.53 Å². The number of nitrogen functional groups attached to an aromatic ring is 1. The summed E-state index contributed by atoms with van der Waals surface area (Å²) in [7, 11) is 0. The van der Waals surface area contributed by atoms with Crippen LogP contribution in [0.15, 0.2) is 0 Å².